The number of hydrogen-bond acceptors (Lipinski definition) is 4. The number of halogens is 2. The van der Waals surface area contributed by atoms with E-state index in [2.05, 4.69) is 10.3 Å². The molecule has 2 atom stereocenters. The largest absolute Gasteiger partial charge is 0.377 e. The lowest BCUT2D eigenvalue weighted by molar-refractivity contribution is 0.0906. The fraction of sp³-hybridized carbons (Fsp3) is 0.526. The van der Waals surface area contributed by atoms with Gasteiger partial charge in [-0.3, -0.25) is 0 Å². The minimum Gasteiger partial charge on any atom is -0.377 e. The number of thiazole rings is 1. The number of morpholine rings is 1. The van der Waals surface area contributed by atoms with Crippen LogP contribution in [0.4, 0.5) is 9.52 Å². The first-order valence-electron chi connectivity index (χ1n) is 8.66. The molecule has 1 aromatic carbocycles. The van der Waals surface area contributed by atoms with Gasteiger partial charge in [0.2, 0.25) is 0 Å². The number of anilines is 1. The number of benzene rings is 1. The lowest BCUT2D eigenvalue weighted by atomic mass is 9.83. The second kappa shape index (κ2) is 6.22. The number of ether oxygens (including phenoxy) is 1. The van der Waals surface area contributed by atoms with Crippen LogP contribution < -0.4 is 4.90 Å². The average Bonchev–Trinajstić information content (AvgIpc) is 3.10. The summed E-state index contributed by atoms with van der Waals surface area (Å²) >= 11 is 7.97. The normalized spacial score (nSPS) is 23.3. The Hall–Kier alpha value is -1.17. The van der Waals surface area contributed by atoms with Gasteiger partial charge in [0.05, 0.1) is 36.0 Å². The molecule has 0 aliphatic carbocycles. The zero-order valence-corrected chi connectivity index (χ0v) is 16.3. The van der Waals surface area contributed by atoms with Gasteiger partial charge < -0.3 is 9.64 Å². The molecule has 134 valence electrons. The standard InChI is InChI=1S/C19H22ClFN2OS/c1-19(2,3)16-13(6-7-14(21)17(16)20)15-10-25-18(22-15)23-11-4-5-12(23)9-24-8-11/h6-7,10-12H,4-5,8-9H2,1-3H3/t11-,12+. The summed E-state index contributed by atoms with van der Waals surface area (Å²) in [6, 6.07) is 4.09. The Balaban J connectivity index is 1.75. The van der Waals surface area contributed by atoms with E-state index in [0.717, 1.165) is 48.0 Å². The molecular formula is C19H22ClFN2OS. The highest BCUT2D eigenvalue weighted by atomic mass is 35.5. The fourth-order valence-electron chi connectivity index (χ4n) is 3.94. The molecule has 2 bridgehead atoms. The minimum absolute atomic E-state index is 0.200. The molecule has 3 heterocycles. The van der Waals surface area contributed by atoms with Crippen molar-refractivity contribution in [3.63, 3.8) is 0 Å². The lowest BCUT2D eigenvalue weighted by Crippen LogP contribution is -2.45. The van der Waals surface area contributed by atoms with E-state index >= 15 is 0 Å². The van der Waals surface area contributed by atoms with Crippen molar-refractivity contribution in [2.45, 2.75) is 51.1 Å². The van der Waals surface area contributed by atoms with Crippen LogP contribution in [0.1, 0.15) is 39.2 Å². The monoisotopic (exact) mass is 380 g/mol. The van der Waals surface area contributed by atoms with Crippen LogP contribution in [0, 0.1) is 5.82 Å². The van der Waals surface area contributed by atoms with Gasteiger partial charge in [0.1, 0.15) is 5.82 Å². The van der Waals surface area contributed by atoms with Crippen molar-refractivity contribution < 1.29 is 9.13 Å². The van der Waals surface area contributed by atoms with Crippen LogP contribution in [0.2, 0.25) is 5.02 Å². The molecule has 25 heavy (non-hydrogen) atoms. The molecule has 2 aromatic rings. The predicted molar refractivity (Wildman–Crippen MR) is 101 cm³/mol. The van der Waals surface area contributed by atoms with Crippen LogP contribution in [0.5, 0.6) is 0 Å². The summed E-state index contributed by atoms with van der Waals surface area (Å²) in [5.41, 5.74) is 2.34. The van der Waals surface area contributed by atoms with E-state index in [0.29, 0.717) is 12.1 Å². The SMILES string of the molecule is CC(C)(C)c1c(-c2csc(N3[C@@H]4CC[C@H]3COC4)n2)ccc(F)c1Cl. The van der Waals surface area contributed by atoms with Crippen molar-refractivity contribution in [3.8, 4) is 11.3 Å². The van der Waals surface area contributed by atoms with Gasteiger partial charge in [-0.1, -0.05) is 32.4 Å². The third-order valence-electron chi connectivity index (χ3n) is 5.07. The molecule has 4 rings (SSSR count). The molecule has 0 saturated carbocycles. The van der Waals surface area contributed by atoms with Gasteiger partial charge in [-0.25, -0.2) is 9.37 Å². The number of aromatic nitrogens is 1. The topological polar surface area (TPSA) is 25.4 Å². The van der Waals surface area contributed by atoms with Crippen LogP contribution in [-0.2, 0) is 10.2 Å². The van der Waals surface area contributed by atoms with Crippen molar-refractivity contribution >= 4 is 28.1 Å². The zero-order valence-electron chi connectivity index (χ0n) is 14.7. The molecule has 0 N–H and O–H groups in total. The molecule has 2 aliphatic heterocycles. The molecule has 0 unspecified atom stereocenters. The predicted octanol–water partition coefficient (Wildman–Crippen LogP) is 5.27. The number of hydrogen-bond donors (Lipinski definition) is 0. The summed E-state index contributed by atoms with van der Waals surface area (Å²) in [7, 11) is 0. The molecular weight excluding hydrogens is 359 g/mol. The van der Waals surface area contributed by atoms with Crippen molar-refractivity contribution in [1.29, 1.82) is 0 Å². The molecule has 2 fully saturated rings. The summed E-state index contributed by atoms with van der Waals surface area (Å²) in [5.74, 6) is -0.378. The maximum Gasteiger partial charge on any atom is 0.186 e. The third-order valence-corrected chi connectivity index (χ3v) is 6.30. The van der Waals surface area contributed by atoms with E-state index in [1.165, 1.54) is 6.07 Å². The molecule has 2 saturated heterocycles. The summed E-state index contributed by atoms with van der Waals surface area (Å²) in [6.45, 7) is 7.70. The Morgan fingerprint density at radius 3 is 2.56 bits per heavy atom. The maximum absolute atomic E-state index is 14.0. The van der Waals surface area contributed by atoms with Gasteiger partial charge in [0.25, 0.3) is 0 Å². The van der Waals surface area contributed by atoms with Crippen LogP contribution in [0.25, 0.3) is 11.3 Å². The number of rotatable bonds is 2. The van der Waals surface area contributed by atoms with Crippen LogP contribution in [0.15, 0.2) is 17.5 Å². The van der Waals surface area contributed by atoms with Crippen molar-refractivity contribution in [2.75, 3.05) is 18.1 Å². The van der Waals surface area contributed by atoms with E-state index in [-0.39, 0.29) is 16.3 Å². The van der Waals surface area contributed by atoms with Crippen molar-refractivity contribution in [1.82, 2.24) is 4.98 Å². The highest BCUT2D eigenvalue weighted by molar-refractivity contribution is 7.14. The molecule has 0 spiro atoms. The summed E-state index contributed by atoms with van der Waals surface area (Å²) in [4.78, 5) is 7.31. The smallest absolute Gasteiger partial charge is 0.186 e. The molecule has 1 aromatic heterocycles. The Bertz CT molecular complexity index is 785. The minimum atomic E-state index is -0.378. The molecule has 3 nitrogen and oxygen atoms in total. The van der Waals surface area contributed by atoms with E-state index in [9.17, 15) is 4.39 Å². The Morgan fingerprint density at radius 1 is 1.24 bits per heavy atom. The summed E-state index contributed by atoms with van der Waals surface area (Å²) in [6.07, 6.45) is 2.32. The van der Waals surface area contributed by atoms with E-state index in [1.54, 1.807) is 17.4 Å². The van der Waals surface area contributed by atoms with E-state index in [1.807, 2.05) is 20.8 Å². The Kier molecular flexibility index (Phi) is 4.29. The maximum atomic E-state index is 14.0. The van der Waals surface area contributed by atoms with Crippen LogP contribution in [0.3, 0.4) is 0 Å². The first-order chi connectivity index (χ1) is 11.9. The van der Waals surface area contributed by atoms with Gasteiger partial charge in [-0.2, -0.15) is 0 Å². The van der Waals surface area contributed by atoms with Gasteiger partial charge in [-0.15, -0.1) is 11.3 Å². The van der Waals surface area contributed by atoms with Crippen LogP contribution in [-0.4, -0.2) is 30.3 Å². The van der Waals surface area contributed by atoms with Crippen LogP contribution >= 0.6 is 22.9 Å². The lowest BCUT2D eigenvalue weighted by Gasteiger charge is -2.34. The van der Waals surface area contributed by atoms with Crippen molar-refractivity contribution in [2.24, 2.45) is 0 Å². The Labute approximate surface area is 156 Å². The van der Waals surface area contributed by atoms with Gasteiger partial charge in [0.15, 0.2) is 5.13 Å². The van der Waals surface area contributed by atoms with E-state index < -0.39 is 0 Å². The molecule has 2 aliphatic rings. The molecule has 0 amide bonds. The van der Waals surface area contributed by atoms with Gasteiger partial charge >= 0.3 is 0 Å². The second-order valence-electron chi connectivity index (χ2n) is 7.88. The summed E-state index contributed by atoms with van der Waals surface area (Å²) in [5, 5.41) is 3.29. The van der Waals surface area contributed by atoms with Gasteiger partial charge in [-0.05, 0) is 36.0 Å². The quantitative estimate of drug-likeness (QED) is 0.709. The molecule has 0 radical (unpaired) electrons. The third kappa shape index (κ3) is 2.96. The fourth-order valence-corrected chi connectivity index (χ4v) is 5.36. The zero-order chi connectivity index (χ0) is 17.8. The highest BCUT2D eigenvalue weighted by Crippen LogP contribution is 2.42. The molecule has 6 heteroatoms. The van der Waals surface area contributed by atoms with E-state index in [4.69, 9.17) is 21.3 Å². The first kappa shape index (κ1) is 17.3. The Morgan fingerprint density at radius 2 is 1.92 bits per heavy atom. The highest BCUT2D eigenvalue weighted by Gasteiger charge is 2.39. The number of nitrogens with zero attached hydrogens (tertiary/aromatic N) is 2. The van der Waals surface area contributed by atoms with Crippen molar-refractivity contribution in [3.05, 3.63) is 33.9 Å². The summed E-state index contributed by atoms with van der Waals surface area (Å²) < 4.78 is 19.7. The van der Waals surface area contributed by atoms with Gasteiger partial charge in [0, 0.05) is 10.9 Å². The average molecular weight is 381 g/mol. The first-order valence-corrected chi connectivity index (χ1v) is 9.92. The second-order valence-corrected chi connectivity index (χ2v) is 9.09. The number of fused-ring (bicyclic) bond motifs is 2.